The number of hydrogen-bond donors (Lipinski definition) is 3. The number of nitrogens with zero attached hydrogens (tertiary/aromatic N) is 1. The molecule has 6 nitrogen and oxygen atoms in total. The Bertz CT molecular complexity index is 507. The van der Waals surface area contributed by atoms with Gasteiger partial charge in [0, 0.05) is 25.7 Å². The van der Waals surface area contributed by atoms with Crippen molar-refractivity contribution in [2.24, 2.45) is 0 Å². The molecular weight excluding hydrogens is 268 g/mol. The number of nitrogens with one attached hydrogen (secondary N) is 3. The molecule has 19 heavy (non-hydrogen) atoms. The molecule has 0 aromatic carbocycles. The van der Waals surface area contributed by atoms with Crippen molar-refractivity contribution in [2.45, 2.75) is 19.4 Å². The zero-order chi connectivity index (χ0) is 13.8. The lowest BCUT2D eigenvalue weighted by Crippen LogP contribution is -2.36. The van der Waals surface area contributed by atoms with Crippen molar-refractivity contribution in [1.29, 1.82) is 0 Å². The molecule has 1 aromatic rings. The summed E-state index contributed by atoms with van der Waals surface area (Å²) in [6, 6.07) is 1.41. The van der Waals surface area contributed by atoms with Crippen molar-refractivity contribution in [3.8, 4) is 0 Å². The average Bonchev–Trinajstić information content (AvgIpc) is 2.77. The molecule has 1 aliphatic heterocycles. The van der Waals surface area contributed by atoms with E-state index < -0.39 is 0 Å². The lowest BCUT2D eigenvalue weighted by molar-refractivity contribution is -0.119. The van der Waals surface area contributed by atoms with Crippen molar-refractivity contribution in [2.75, 3.05) is 18.4 Å². The Balaban J connectivity index is 2.09. The molecule has 0 bridgehead atoms. The molecule has 0 saturated carbocycles. The van der Waals surface area contributed by atoms with E-state index in [4.69, 9.17) is 11.6 Å². The van der Waals surface area contributed by atoms with E-state index in [2.05, 4.69) is 20.9 Å². The molecule has 0 radical (unpaired) electrons. The number of pyridine rings is 1. The molecule has 0 spiro atoms. The van der Waals surface area contributed by atoms with Gasteiger partial charge in [-0.1, -0.05) is 11.6 Å². The first-order valence-corrected chi connectivity index (χ1v) is 6.45. The summed E-state index contributed by atoms with van der Waals surface area (Å²) in [7, 11) is 0. The van der Waals surface area contributed by atoms with E-state index in [-0.39, 0.29) is 22.9 Å². The molecule has 2 rings (SSSR count). The Morgan fingerprint density at radius 1 is 1.63 bits per heavy atom. The van der Waals surface area contributed by atoms with Crippen LogP contribution in [0, 0.1) is 0 Å². The summed E-state index contributed by atoms with van der Waals surface area (Å²) < 4.78 is 0. The minimum atomic E-state index is -0.298. The van der Waals surface area contributed by atoms with Crippen molar-refractivity contribution in [1.82, 2.24) is 15.6 Å². The van der Waals surface area contributed by atoms with Crippen LogP contribution in [0.5, 0.6) is 0 Å². The minimum Gasteiger partial charge on any atom is -0.370 e. The SMILES string of the molecule is CCNc1cc(C(=O)NC2CNC(=O)C2)c(Cl)cn1. The van der Waals surface area contributed by atoms with Crippen LogP contribution in [0.1, 0.15) is 23.7 Å². The predicted molar refractivity (Wildman–Crippen MR) is 72.3 cm³/mol. The van der Waals surface area contributed by atoms with Crippen LogP contribution in [0.15, 0.2) is 12.3 Å². The molecule has 1 atom stereocenters. The van der Waals surface area contributed by atoms with Gasteiger partial charge in [0.15, 0.2) is 0 Å². The highest BCUT2D eigenvalue weighted by Crippen LogP contribution is 2.18. The first-order valence-electron chi connectivity index (χ1n) is 6.07. The van der Waals surface area contributed by atoms with Crippen molar-refractivity contribution in [3.63, 3.8) is 0 Å². The van der Waals surface area contributed by atoms with Crippen LogP contribution in [0.3, 0.4) is 0 Å². The summed E-state index contributed by atoms with van der Waals surface area (Å²) in [4.78, 5) is 27.2. The van der Waals surface area contributed by atoms with Crippen LogP contribution in [0.2, 0.25) is 5.02 Å². The van der Waals surface area contributed by atoms with Gasteiger partial charge in [0.2, 0.25) is 5.91 Å². The van der Waals surface area contributed by atoms with Gasteiger partial charge in [0.25, 0.3) is 5.91 Å². The zero-order valence-corrected chi connectivity index (χ0v) is 11.3. The molecular formula is C12H15ClN4O2. The lowest BCUT2D eigenvalue weighted by atomic mass is 10.2. The van der Waals surface area contributed by atoms with Crippen LogP contribution in [0.25, 0.3) is 0 Å². The molecule has 7 heteroatoms. The third-order valence-corrected chi connectivity index (χ3v) is 3.07. The van der Waals surface area contributed by atoms with Crippen LogP contribution in [0.4, 0.5) is 5.82 Å². The molecule has 1 saturated heterocycles. The maximum absolute atomic E-state index is 12.1. The van der Waals surface area contributed by atoms with Gasteiger partial charge < -0.3 is 16.0 Å². The third kappa shape index (κ3) is 3.35. The first-order chi connectivity index (χ1) is 9.10. The molecule has 1 aromatic heterocycles. The van der Waals surface area contributed by atoms with E-state index in [1.807, 2.05) is 6.92 Å². The zero-order valence-electron chi connectivity index (χ0n) is 10.5. The Labute approximate surface area is 115 Å². The number of amides is 2. The second kappa shape index (κ2) is 5.88. The molecule has 1 aliphatic rings. The maximum atomic E-state index is 12.1. The van der Waals surface area contributed by atoms with Crippen LogP contribution >= 0.6 is 11.6 Å². The molecule has 2 heterocycles. The fraction of sp³-hybridized carbons (Fsp3) is 0.417. The standard InChI is InChI=1S/C12H15ClN4O2/c1-2-14-10-4-8(9(13)6-15-10)12(19)17-7-3-11(18)16-5-7/h4,6-7H,2-3,5H2,1H3,(H,14,15)(H,16,18)(H,17,19). The Kier molecular flexibility index (Phi) is 4.21. The fourth-order valence-electron chi connectivity index (χ4n) is 1.86. The molecule has 3 N–H and O–H groups in total. The lowest BCUT2D eigenvalue weighted by Gasteiger charge is -2.12. The van der Waals surface area contributed by atoms with E-state index in [0.29, 0.717) is 30.9 Å². The highest BCUT2D eigenvalue weighted by Gasteiger charge is 2.24. The van der Waals surface area contributed by atoms with E-state index in [1.165, 1.54) is 6.20 Å². The summed E-state index contributed by atoms with van der Waals surface area (Å²) in [6.45, 7) is 3.09. The molecule has 0 aliphatic carbocycles. The summed E-state index contributed by atoms with van der Waals surface area (Å²) in [5.41, 5.74) is 0.354. The molecule has 102 valence electrons. The van der Waals surface area contributed by atoms with Gasteiger partial charge in [-0.15, -0.1) is 0 Å². The Hall–Kier alpha value is -1.82. The Morgan fingerprint density at radius 3 is 3.05 bits per heavy atom. The summed E-state index contributed by atoms with van der Waals surface area (Å²) >= 11 is 5.97. The van der Waals surface area contributed by atoms with Gasteiger partial charge in [-0.05, 0) is 13.0 Å². The second-order valence-corrected chi connectivity index (χ2v) is 4.67. The minimum absolute atomic E-state index is 0.0561. The predicted octanol–water partition coefficient (Wildman–Crippen LogP) is 0.785. The largest absolute Gasteiger partial charge is 0.370 e. The number of anilines is 1. The number of aromatic nitrogens is 1. The van der Waals surface area contributed by atoms with Gasteiger partial charge in [0.1, 0.15) is 5.82 Å². The number of carbonyl (C=O) groups excluding carboxylic acids is 2. The number of hydrogen-bond acceptors (Lipinski definition) is 4. The van der Waals surface area contributed by atoms with Gasteiger partial charge in [-0.2, -0.15) is 0 Å². The number of carbonyl (C=O) groups is 2. The van der Waals surface area contributed by atoms with Crippen LogP contribution in [-0.4, -0.2) is 35.9 Å². The van der Waals surface area contributed by atoms with E-state index >= 15 is 0 Å². The van der Waals surface area contributed by atoms with E-state index in [0.717, 1.165) is 0 Å². The fourth-order valence-corrected chi connectivity index (χ4v) is 2.05. The third-order valence-electron chi connectivity index (χ3n) is 2.77. The number of rotatable bonds is 4. The molecule has 1 unspecified atom stereocenters. The average molecular weight is 283 g/mol. The van der Waals surface area contributed by atoms with Crippen LogP contribution < -0.4 is 16.0 Å². The van der Waals surface area contributed by atoms with Crippen molar-refractivity contribution >= 4 is 29.2 Å². The first kappa shape index (κ1) is 13.6. The van der Waals surface area contributed by atoms with E-state index in [9.17, 15) is 9.59 Å². The second-order valence-electron chi connectivity index (χ2n) is 4.26. The smallest absolute Gasteiger partial charge is 0.253 e. The number of halogens is 1. The van der Waals surface area contributed by atoms with Crippen molar-refractivity contribution in [3.05, 3.63) is 22.8 Å². The monoisotopic (exact) mass is 282 g/mol. The Morgan fingerprint density at radius 2 is 2.42 bits per heavy atom. The molecule has 2 amide bonds. The van der Waals surface area contributed by atoms with Crippen LogP contribution in [-0.2, 0) is 4.79 Å². The van der Waals surface area contributed by atoms with E-state index in [1.54, 1.807) is 6.07 Å². The van der Waals surface area contributed by atoms with Crippen molar-refractivity contribution < 1.29 is 9.59 Å². The summed E-state index contributed by atoms with van der Waals surface area (Å²) in [5, 5.41) is 8.74. The molecule has 1 fully saturated rings. The quantitative estimate of drug-likeness (QED) is 0.762. The van der Waals surface area contributed by atoms with Gasteiger partial charge in [-0.25, -0.2) is 4.98 Å². The summed E-state index contributed by atoms with van der Waals surface area (Å²) in [6.07, 6.45) is 1.74. The highest BCUT2D eigenvalue weighted by molar-refractivity contribution is 6.33. The van der Waals surface area contributed by atoms with Gasteiger partial charge in [-0.3, -0.25) is 9.59 Å². The topological polar surface area (TPSA) is 83.1 Å². The normalized spacial score (nSPS) is 18.0. The summed E-state index contributed by atoms with van der Waals surface area (Å²) in [5.74, 6) is 0.241. The van der Waals surface area contributed by atoms with Gasteiger partial charge in [0.05, 0.1) is 16.6 Å². The van der Waals surface area contributed by atoms with Gasteiger partial charge >= 0.3 is 0 Å². The maximum Gasteiger partial charge on any atom is 0.253 e. The highest BCUT2D eigenvalue weighted by atomic mass is 35.5.